The minimum atomic E-state index is -1.88. The van der Waals surface area contributed by atoms with Crippen molar-refractivity contribution in [2.45, 2.75) is 125 Å². The van der Waals surface area contributed by atoms with Crippen LogP contribution in [0.25, 0.3) is 0 Å². The predicted molar refractivity (Wildman–Crippen MR) is 256 cm³/mol. The number of rotatable bonds is 14. The third kappa shape index (κ3) is 11.8. The second-order valence-corrected chi connectivity index (χ2v) is 21.3. The molecule has 5 heterocycles. The normalized spacial score (nSPS) is 31.4. The maximum absolute atomic E-state index is 14.3. The van der Waals surface area contributed by atoms with Gasteiger partial charge in [-0.25, -0.2) is 9.59 Å². The second kappa shape index (κ2) is 22.2. The molecule has 10 atom stereocenters. The number of carbonyl (C=O) groups excluding carboxylic acids is 8. The summed E-state index contributed by atoms with van der Waals surface area (Å²) >= 11 is 9.30. The Morgan fingerprint density at radius 3 is 2.26 bits per heavy atom. The van der Waals surface area contributed by atoms with Crippen molar-refractivity contribution < 1.29 is 67.1 Å². The van der Waals surface area contributed by atoms with Crippen LogP contribution in [0.3, 0.4) is 0 Å². The fraction of sp³-hybridized carbons (Fsp3) is 0.617. The third-order valence-corrected chi connectivity index (χ3v) is 16.2. The number of hydrogen-bond acceptors (Lipinski definition) is 16. The van der Waals surface area contributed by atoms with Gasteiger partial charge in [0.2, 0.25) is 35.4 Å². The molecule has 4 bridgehead atoms. The van der Waals surface area contributed by atoms with Crippen molar-refractivity contribution in [1.29, 1.82) is 0 Å². The zero-order chi connectivity index (χ0) is 50.7. The molecule has 4 unspecified atom stereocenters. The molecule has 69 heavy (non-hydrogen) atoms. The molecule has 22 heteroatoms. The first-order chi connectivity index (χ1) is 32.6. The Morgan fingerprint density at radius 2 is 1.65 bits per heavy atom. The van der Waals surface area contributed by atoms with Crippen LogP contribution >= 0.6 is 35.1 Å². The Labute approximate surface area is 415 Å². The zero-order valence-corrected chi connectivity index (χ0v) is 42.7. The summed E-state index contributed by atoms with van der Waals surface area (Å²) in [4.78, 5) is 111. The summed E-state index contributed by atoms with van der Waals surface area (Å²) in [5, 5.41) is 13.3. The Morgan fingerprint density at radius 1 is 1.01 bits per heavy atom. The summed E-state index contributed by atoms with van der Waals surface area (Å²) in [6, 6.07) is 2.36. The average Bonchev–Trinajstić information content (AvgIpc) is 3.83. The van der Waals surface area contributed by atoms with Gasteiger partial charge < -0.3 is 38.6 Å². The highest BCUT2D eigenvalue weighted by Gasteiger charge is 2.64. The molecule has 2 N–H and O–H groups in total. The van der Waals surface area contributed by atoms with Crippen molar-refractivity contribution in [3.05, 3.63) is 46.5 Å². The molecule has 0 aliphatic carbocycles. The van der Waals surface area contributed by atoms with Crippen LogP contribution in [0.4, 0.5) is 10.5 Å². The van der Waals surface area contributed by atoms with E-state index in [1.165, 1.54) is 56.8 Å². The minimum Gasteiger partial charge on any atom is -0.495 e. The molecule has 5 aliphatic rings. The fourth-order valence-corrected chi connectivity index (χ4v) is 11.5. The minimum absolute atomic E-state index is 0.0816. The number of hydrogen-bond donors (Lipinski definition) is 2. The fourth-order valence-electron chi connectivity index (χ4n) is 9.12. The first-order valence-corrected chi connectivity index (χ1v) is 25.3. The molecule has 5 aliphatic heterocycles. The molecule has 0 spiro atoms. The molecule has 1 aromatic carbocycles. The van der Waals surface area contributed by atoms with Crippen molar-refractivity contribution >= 4 is 88.3 Å². The van der Waals surface area contributed by atoms with Crippen molar-refractivity contribution in [1.82, 2.24) is 20.0 Å². The van der Waals surface area contributed by atoms with E-state index in [-0.39, 0.29) is 61.4 Å². The van der Waals surface area contributed by atoms with Gasteiger partial charge in [-0.1, -0.05) is 49.2 Å². The highest BCUT2D eigenvalue weighted by molar-refractivity contribution is 8.00. The lowest BCUT2D eigenvalue weighted by atomic mass is 9.83. The van der Waals surface area contributed by atoms with Crippen LogP contribution in [0.5, 0.6) is 5.75 Å². The van der Waals surface area contributed by atoms with Crippen molar-refractivity contribution in [2.24, 2.45) is 5.92 Å². The number of aliphatic hydroxyl groups is 1. The number of alkyl carbamates (subject to hydrolysis) is 1. The standard InChI is InChI=1S/C47H62ClN5O14S2/c1-10-68-32-21-38(56)52(42(32)58)15-16-53-39(57)22-33(43(53)59)69-17-14-36(54)50(6)27(4)44(60)66-35-23-37(55)51(7)29-19-28(20-30(63-8)40(29)48)18-25(2)12-11-13-34(64-9)47(62)24-31(65-45(61)49-47)26(3)41-46(35,5)67-41/h11-13,19-20,26-27,31-35,41,62H,10,14-18,21-24H2,1-9H3,(H,49,61)/b13-11+,25-12+/t26-,27+,31?,32?,33?,34-,35+,41?,46+,47+/m1/s1. The van der Waals surface area contributed by atoms with Crippen LogP contribution in [0.2, 0.25) is 5.02 Å². The summed E-state index contributed by atoms with van der Waals surface area (Å²) in [6.07, 6.45) is 0.198. The van der Waals surface area contributed by atoms with Gasteiger partial charge in [0.1, 0.15) is 40.7 Å². The van der Waals surface area contributed by atoms with Crippen molar-refractivity contribution in [2.75, 3.05) is 57.8 Å². The zero-order valence-electron chi connectivity index (χ0n) is 40.3. The molecule has 0 aromatic heterocycles. The molecule has 0 radical (unpaired) electrons. The predicted octanol–water partition coefficient (Wildman–Crippen LogP) is 3.65. The van der Waals surface area contributed by atoms with E-state index in [1.807, 2.05) is 19.9 Å². The quantitative estimate of drug-likeness (QED) is 0.154. The number of anilines is 1. The molecule has 0 saturated carbocycles. The molecule has 7 amide bonds. The highest BCUT2D eigenvalue weighted by Crippen LogP contribution is 2.49. The maximum Gasteiger partial charge on any atom is 0.409 e. The lowest BCUT2D eigenvalue weighted by molar-refractivity contribution is -0.162. The van der Waals surface area contributed by atoms with E-state index in [4.69, 9.17) is 35.3 Å². The monoisotopic (exact) mass is 1020 g/mol. The van der Waals surface area contributed by atoms with Gasteiger partial charge in [0.15, 0.2) is 5.72 Å². The third-order valence-electron chi connectivity index (χ3n) is 13.5. The van der Waals surface area contributed by atoms with E-state index in [9.17, 15) is 43.5 Å². The number of epoxide rings is 1. The number of benzene rings is 1. The first-order valence-electron chi connectivity index (χ1n) is 22.8. The van der Waals surface area contributed by atoms with Crippen molar-refractivity contribution in [3.63, 3.8) is 0 Å². The van der Waals surface area contributed by atoms with E-state index in [1.54, 1.807) is 38.1 Å². The number of halogens is 1. The summed E-state index contributed by atoms with van der Waals surface area (Å²) in [6.45, 7) is 8.50. The number of ether oxygens (including phenoxy) is 5. The van der Waals surface area contributed by atoms with Gasteiger partial charge in [0, 0.05) is 71.6 Å². The number of likely N-dealkylation sites (N-methyl/N-ethyl adjacent to an activating group) is 1. The second-order valence-electron chi connectivity index (χ2n) is 18.1. The Balaban J connectivity index is 1.15. The van der Waals surface area contributed by atoms with Crippen molar-refractivity contribution in [3.8, 4) is 5.75 Å². The number of likely N-dealkylation sites (tertiary alicyclic amines) is 2. The number of nitrogens with zero attached hydrogens (tertiary/aromatic N) is 4. The molecule has 4 fully saturated rings. The van der Waals surface area contributed by atoms with Gasteiger partial charge in [0.25, 0.3) is 0 Å². The molecule has 4 saturated heterocycles. The Hall–Kier alpha value is -4.67. The van der Waals surface area contributed by atoms with Crippen LogP contribution in [-0.2, 0) is 58.9 Å². The lowest BCUT2D eigenvalue weighted by Gasteiger charge is -2.42. The highest BCUT2D eigenvalue weighted by atomic mass is 35.5. The summed E-state index contributed by atoms with van der Waals surface area (Å²) in [5.74, 6) is -2.83. The van der Waals surface area contributed by atoms with E-state index in [2.05, 4.69) is 5.32 Å². The lowest BCUT2D eigenvalue weighted by Crippen LogP contribution is -2.63. The number of carbonyl (C=O) groups is 8. The number of methoxy groups -OCH3 is 2. The number of amides is 7. The van der Waals surface area contributed by atoms with Gasteiger partial charge in [0.05, 0.1) is 35.8 Å². The summed E-state index contributed by atoms with van der Waals surface area (Å²) in [5.41, 5.74) is -1.21. The van der Waals surface area contributed by atoms with Crippen LogP contribution in [0.15, 0.2) is 35.9 Å². The molecule has 6 rings (SSSR count). The smallest absolute Gasteiger partial charge is 0.409 e. The first kappa shape index (κ1) is 53.7. The molecule has 378 valence electrons. The van der Waals surface area contributed by atoms with E-state index < -0.39 is 100 Å². The largest absolute Gasteiger partial charge is 0.495 e. The van der Waals surface area contributed by atoms with Crippen LogP contribution in [0.1, 0.15) is 72.3 Å². The number of fused-ring (bicyclic) bond motifs is 5. The Bertz CT molecular complexity index is 2280. The van der Waals surface area contributed by atoms with Gasteiger partial charge in [-0.15, -0.1) is 23.5 Å². The number of allylic oxidation sites excluding steroid dienone is 3. The maximum atomic E-state index is 14.3. The van der Waals surface area contributed by atoms with Gasteiger partial charge >= 0.3 is 12.1 Å². The number of nitrogens with one attached hydrogen (secondary N) is 1. The summed E-state index contributed by atoms with van der Waals surface area (Å²) < 4.78 is 29.4. The molecule has 19 nitrogen and oxygen atoms in total. The van der Waals surface area contributed by atoms with E-state index >= 15 is 0 Å². The summed E-state index contributed by atoms with van der Waals surface area (Å²) in [7, 11) is 5.83. The van der Waals surface area contributed by atoms with Gasteiger partial charge in [-0.3, -0.25) is 43.9 Å². The van der Waals surface area contributed by atoms with Crippen LogP contribution in [0, 0.1) is 5.92 Å². The topological polar surface area (TPSA) is 231 Å². The van der Waals surface area contributed by atoms with E-state index in [0.29, 0.717) is 23.6 Å². The van der Waals surface area contributed by atoms with Gasteiger partial charge in [-0.05, 0) is 50.6 Å². The van der Waals surface area contributed by atoms with Crippen LogP contribution in [-0.4, -0.2) is 173 Å². The van der Waals surface area contributed by atoms with E-state index in [0.717, 1.165) is 32.7 Å². The SMILES string of the molecule is CCSC1CC(=O)N(CCN2C(=O)CC(SCCC(=O)N(C)[C@@H](C)C(=O)O[C@H]3CC(=O)N(C)c4cc(cc(OC)c4Cl)C/C(C)=C/C=C/[C@@H](OC)[C@@]4(O)CC(OC(=O)N4)[C@@H](C)C4O[C@]43C)C2=O)C1=O. The molecular formula is C47H62ClN5O14S2. The number of imide groups is 2. The number of thioether (sulfide) groups is 2. The van der Waals surface area contributed by atoms with Gasteiger partial charge in [-0.2, -0.15) is 0 Å². The average molecular weight is 1020 g/mol. The molecule has 1 aromatic rings. The molecular weight excluding hydrogens is 958 g/mol. The Kier molecular flexibility index (Phi) is 17.3. The van der Waals surface area contributed by atoms with Crippen LogP contribution < -0.4 is 15.0 Å². The number of esters is 1.